The zero-order valence-electron chi connectivity index (χ0n) is 17.3. The van der Waals surface area contributed by atoms with E-state index in [0.29, 0.717) is 16.6 Å². The van der Waals surface area contributed by atoms with Gasteiger partial charge in [-0.3, -0.25) is 4.79 Å². The highest BCUT2D eigenvalue weighted by atomic mass is 32.2. The van der Waals surface area contributed by atoms with Crippen LogP contribution in [0.15, 0.2) is 53.7 Å². The molecule has 0 saturated heterocycles. The second kappa shape index (κ2) is 9.13. The summed E-state index contributed by atoms with van der Waals surface area (Å²) in [5, 5.41) is 11.8. The first-order valence-electron chi connectivity index (χ1n) is 9.47. The van der Waals surface area contributed by atoms with Crippen molar-refractivity contribution < 1.29 is 9.53 Å². The topological polar surface area (TPSA) is 69.0 Å². The fourth-order valence-electron chi connectivity index (χ4n) is 3.06. The first-order valence-corrected chi connectivity index (χ1v) is 10.3. The molecule has 1 N–H and O–H groups in total. The van der Waals surface area contributed by atoms with Crippen LogP contribution < -0.4 is 10.1 Å². The van der Waals surface area contributed by atoms with Crippen LogP contribution in [-0.2, 0) is 11.8 Å². The number of amides is 1. The van der Waals surface area contributed by atoms with Gasteiger partial charge >= 0.3 is 0 Å². The van der Waals surface area contributed by atoms with Crippen LogP contribution in [0.4, 0.5) is 5.69 Å². The molecule has 0 bridgehead atoms. The number of benzene rings is 2. The summed E-state index contributed by atoms with van der Waals surface area (Å²) in [6.07, 6.45) is 0. The number of hydrogen-bond donors (Lipinski definition) is 1. The van der Waals surface area contributed by atoms with Crippen LogP contribution >= 0.6 is 11.8 Å². The van der Waals surface area contributed by atoms with Gasteiger partial charge in [-0.05, 0) is 30.2 Å². The molecule has 1 aromatic heterocycles. The molecule has 0 spiro atoms. The molecule has 2 aromatic carbocycles. The van der Waals surface area contributed by atoms with E-state index >= 15 is 0 Å². The lowest BCUT2D eigenvalue weighted by atomic mass is 10.1. The number of hydrogen-bond acceptors (Lipinski definition) is 5. The molecule has 3 rings (SSSR count). The fourth-order valence-corrected chi connectivity index (χ4v) is 4.07. The highest BCUT2D eigenvalue weighted by Crippen LogP contribution is 2.37. The van der Waals surface area contributed by atoms with Crippen molar-refractivity contribution >= 4 is 23.4 Å². The van der Waals surface area contributed by atoms with Gasteiger partial charge in [0.05, 0.1) is 12.8 Å². The van der Waals surface area contributed by atoms with Crippen LogP contribution in [0.25, 0.3) is 0 Å². The van der Waals surface area contributed by atoms with Gasteiger partial charge in [0, 0.05) is 13.0 Å². The van der Waals surface area contributed by atoms with Crippen molar-refractivity contribution in [3.63, 3.8) is 0 Å². The normalized spacial score (nSPS) is 12.1. The number of aromatic nitrogens is 3. The summed E-state index contributed by atoms with van der Waals surface area (Å²) >= 11 is 1.39. The first-order chi connectivity index (χ1) is 13.9. The van der Waals surface area contributed by atoms with Crippen molar-refractivity contribution in [1.29, 1.82) is 0 Å². The Labute approximate surface area is 175 Å². The largest absolute Gasteiger partial charge is 0.495 e. The lowest BCUT2D eigenvalue weighted by molar-refractivity contribution is -0.115. The molecule has 0 aliphatic rings. The van der Waals surface area contributed by atoms with Crippen LogP contribution in [0, 0.1) is 6.92 Å². The second-order valence-corrected chi connectivity index (χ2v) is 8.23. The molecule has 0 aliphatic heterocycles. The number of rotatable bonds is 7. The third-order valence-corrected chi connectivity index (χ3v) is 5.85. The number of nitrogens with zero attached hydrogens (tertiary/aromatic N) is 3. The lowest BCUT2D eigenvalue weighted by Gasteiger charge is -2.18. The number of carbonyl (C=O) groups is 1. The van der Waals surface area contributed by atoms with Gasteiger partial charge in [-0.15, -0.1) is 10.2 Å². The van der Waals surface area contributed by atoms with Crippen LogP contribution in [0.2, 0.25) is 0 Å². The predicted octanol–water partition coefficient (Wildman–Crippen LogP) is 4.73. The molecular formula is C22H26N4O2S. The van der Waals surface area contributed by atoms with Crippen LogP contribution in [0.1, 0.15) is 42.0 Å². The van der Waals surface area contributed by atoms with E-state index in [9.17, 15) is 4.79 Å². The molecule has 0 fully saturated rings. The molecule has 0 aliphatic carbocycles. The number of methoxy groups -OCH3 is 1. The Balaban J connectivity index is 1.92. The third kappa shape index (κ3) is 4.79. The van der Waals surface area contributed by atoms with E-state index in [1.165, 1.54) is 11.8 Å². The maximum atomic E-state index is 13.3. The smallest absolute Gasteiger partial charge is 0.242 e. The zero-order chi connectivity index (χ0) is 21.0. The Morgan fingerprint density at radius 1 is 1.14 bits per heavy atom. The van der Waals surface area contributed by atoms with Crippen molar-refractivity contribution in [3.8, 4) is 5.75 Å². The summed E-state index contributed by atoms with van der Waals surface area (Å²) in [5.74, 6) is 1.63. The number of anilines is 1. The van der Waals surface area contributed by atoms with E-state index in [2.05, 4.69) is 29.4 Å². The van der Waals surface area contributed by atoms with E-state index < -0.39 is 5.25 Å². The number of carbonyl (C=O) groups excluding carboxylic acids is 1. The van der Waals surface area contributed by atoms with Gasteiger partial charge in [0.1, 0.15) is 16.8 Å². The average molecular weight is 411 g/mol. The van der Waals surface area contributed by atoms with Crippen molar-refractivity contribution in [2.75, 3.05) is 12.4 Å². The lowest BCUT2D eigenvalue weighted by Crippen LogP contribution is -2.20. The van der Waals surface area contributed by atoms with E-state index in [-0.39, 0.29) is 11.8 Å². The van der Waals surface area contributed by atoms with E-state index in [0.717, 1.165) is 17.0 Å². The standard InChI is InChI=1S/C22H26N4O2S/c1-14(2)20-24-25-22(26(20)4)29-19(16-9-7-6-8-10-16)21(27)23-17-13-15(3)11-12-18(17)28-5/h6-14,19H,1-5H3,(H,23,27). The summed E-state index contributed by atoms with van der Waals surface area (Å²) < 4.78 is 7.36. The van der Waals surface area contributed by atoms with Crippen molar-refractivity contribution in [2.45, 2.75) is 37.1 Å². The molecule has 152 valence electrons. The monoisotopic (exact) mass is 410 g/mol. The molecule has 0 radical (unpaired) electrons. The van der Waals surface area contributed by atoms with Gasteiger partial charge in [0.15, 0.2) is 5.16 Å². The molecule has 3 aromatic rings. The van der Waals surface area contributed by atoms with E-state index in [1.807, 2.05) is 67.1 Å². The summed E-state index contributed by atoms with van der Waals surface area (Å²) in [5.41, 5.74) is 2.59. The number of aryl methyl sites for hydroxylation is 1. The Kier molecular flexibility index (Phi) is 6.59. The predicted molar refractivity (Wildman–Crippen MR) is 116 cm³/mol. The minimum Gasteiger partial charge on any atom is -0.495 e. The second-order valence-electron chi connectivity index (χ2n) is 7.16. The van der Waals surface area contributed by atoms with Crippen molar-refractivity contribution in [1.82, 2.24) is 14.8 Å². The minimum absolute atomic E-state index is 0.140. The molecule has 6 nitrogen and oxygen atoms in total. The maximum absolute atomic E-state index is 13.3. The molecular weight excluding hydrogens is 384 g/mol. The Morgan fingerprint density at radius 2 is 1.86 bits per heavy atom. The minimum atomic E-state index is -0.482. The molecule has 29 heavy (non-hydrogen) atoms. The Morgan fingerprint density at radius 3 is 2.48 bits per heavy atom. The third-order valence-electron chi connectivity index (χ3n) is 4.56. The van der Waals surface area contributed by atoms with Gasteiger partial charge in [-0.1, -0.05) is 62.0 Å². The quantitative estimate of drug-likeness (QED) is 0.571. The van der Waals surface area contributed by atoms with Crippen LogP contribution in [-0.4, -0.2) is 27.8 Å². The summed E-state index contributed by atoms with van der Waals surface area (Å²) in [6, 6.07) is 15.4. The molecule has 1 amide bonds. The molecule has 7 heteroatoms. The summed E-state index contributed by atoms with van der Waals surface area (Å²) in [7, 11) is 3.53. The van der Waals surface area contributed by atoms with Crippen LogP contribution in [0.5, 0.6) is 5.75 Å². The van der Waals surface area contributed by atoms with E-state index in [1.54, 1.807) is 7.11 Å². The molecule has 0 saturated carbocycles. The van der Waals surface area contributed by atoms with Gasteiger partial charge < -0.3 is 14.6 Å². The maximum Gasteiger partial charge on any atom is 0.242 e. The van der Waals surface area contributed by atoms with Gasteiger partial charge in [-0.2, -0.15) is 0 Å². The summed E-state index contributed by atoms with van der Waals surface area (Å²) in [4.78, 5) is 13.3. The SMILES string of the molecule is COc1ccc(C)cc1NC(=O)C(Sc1nnc(C(C)C)n1C)c1ccccc1. The van der Waals surface area contributed by atoms with Gasteiger partial charge in [-0.25, -0.2) is 0 Å². The van der Waals surface area contributed by atoms with Crippen molar-refractivity contribution in [3.05, 3.63) is 65.5 Å². The van der Waals surface area contributed by atoms with Gasteiger partial charge in [0.25, 0.3) is 0 Å². The Hall–Kier alpha value is -2.80. The first kappa shape index (κ1) is 20.9. The Bertz CT molecular complexity index is 986. The number of nitrogens with one attached hydrogen (secondary N) is 1. The van der Waals surface area contributed by atoms with Crippen molar-refractivity contribution in [2.24, 2.45) is 7.05 Å². The zero-order valence-corrected chi connectivity index (χ0v) is 18.2. The average Bonchev–Trinajstić information content (AvgIpc) is 3.07. The molecule has 1 heterocycles. The highest BCUT2D eigenvalue weighted by molar-refractivity contribution is 8.00. The van der Waals surface area contributed by atoms with Crippen LogP contribution in [0.3, 0.4) is 0 Å². The number of ether oxygens (including phenoxy) is 1. The highest BCUT2D eigenvalue weighted by Gasteiger charge is 2.26. The number of thioether (sulfide) groups is 1. The molecule has 1 unspecified atom stereocenters. The molecule has 1 atom stereocenters. The van der Waals surface area contributed by atoms with Gasteiger partial charge in [0.2, 0.25) is 5.91 Å². The van der Waals surface area contributed by atoms with E-state index in [4.69, 9.17) is 4.74 Å². The summed E-state index contributed by atoms with van der Waals surface area (Å²) in [6.45, 7) is 6.12. The fraction of sp³-hybridized carbons (Fsp3) is 0.318.